The van der Waals surface area contributed by atoms with Crippen LogP contribution in [0.3, 0.4) is 0 Å². The zero-order valence-electron chi connectivity index (χ0n) is 9.39. The van der Waals surface area contributed by atoms with Crippen LogP contribution in [0.25, 0.3) is 0 Å². The molecular weight excluding hydrogens is 281 g/mol. The summed E-state index contributed by atoms with van der Waals surface area (Å²) in [6.07, 6.45) is 0.692. The molecule has 1 aliphatic rings. The van der Waals surface area contributed by atoms with E-state index in [1.807, 2.05) is 37.3 Å². The second kappa shape index (κ2) is 7.51. The van der Waals surface area contributed by atoms with E-state index in [1.165, 1.54) is 5.56 Å². The Hall–Kier alpha value is 0.204. The molecule has 0 aliphatic carbocycles. The average molecular weight is 296 g/mol. The Bertz CT molecular complexity index is 292. The van der Waals surface area contributed by atoms with E-state index in [1.54, 1.807) is 0 Å². The van der Waals surface area contributed by atoms with Crippen molar-refractivity contribution in [1.82, 2.24) is 0 Å². The van der Waals surface area contributed by atoms with Gasteiger partial charge in [-0.15, -0.1) is 6.92 Å². The topological polar surface area (TPSA) is 27.7 Å². The van der Waals surface area contributed by atoms with Crippen molar-refractivity contribution >= 4 is 0 Å². The number of rotatable bonds is 4. The first-order chi connectivity index (χ1) is 7.34. The van der Waals surface area contributed by atoms with Crippen LogP contribution in [0.1, 0.15) is 12.5 Å². The molecule has 1 saturated heterocycles. The van der Waals surface area contributed by atoms with Gasteiger partial charge in [0.25, 0.3) is 0 Å². The van der Waals surface area contributed by atoms with Gasteiger partial charge >= 0.3 is 0 Å². The van der Waals surface area contributed by atoms with Crippen molar-refractivity contribution in [2.24, 2.45) is 0 Å². The summed E-state index contributed by atoms with van der Waals surface area (Å²) in [6.45, 7) is 3.61. The number of ether oxygens (including phenoxy) is 3. The van der Waals surface area contributed by atoms with Crippen molar-refractivity contribution in [3.63, 3.8) is 0 Å². The molecule has 85 valence electrons. The second-order valence-electron chi connectivity index (χ2n) is 3.54. The van der Waals surface area contributed by atoms with Crippen LogP contribution in [0.15, 0.2) is 30.3 Å². The maximum atomic E-state index is 5.53. The Morgan fingerprint density at radius 3 is 2.75 bits per heavy atom. The zero-order chi connectivity index (χ0) is 10.5. The molecule has 1 aliphatic heterocycles. The van der Waals surface area contributed by atoms with E-state index in [4.69, 9.17) is 14.2 Å². The molecule has 16 heavy (non-hydrogen) atoms. The Morgan fingerprint density at radius 1 is 1.38 bits per heavy atom. The van der Waals surface area contributed by atoms with Crippen LogP contribution in [0.4, 0.5) is 0 Å². The Balaban J connectivity index is 0.00000128. The maximum Gasteiger partial charge on any atom is 0.0726 e. The predicted octanol–water partition coefficient (Wildman–Crippen LogP) is 2.13. The van der Waals surface area contributed by atoms with E-state index in [9.17, 15) is 0 Å². The van der Waals surface area contributed by atoms with Crippen molar-refractivity contribution in [3.05, 3.63) is 42.2 Å². The normalized spacial score (nSPS) is 20.7. The molecule has 2 rings (SSSR count). The van der Waals surface area contributed by atoms with E-state index in [-0.39, 0.29) is 38.8 Å². The summed E-state index contributed by atoms with van der Waals surface area (Å²) >= 11 is 0. The van der Waals surface area contributed by atoms with Gasteiger partial charge in [0.1, 0.15) is 0 Å². The van der Waals surface area contributed by atoms with Gasteiger partial charge in [0.15, 0.2) is 0 Å². The van der Waals surface area contributed by atoms with Crippen LogP contribution in [0, 0.1) is 6.29 Å². The second-order valence-corrected chi connectivity index (χ2v) is 3.54. The number of hydrogen-bond donors (Lipinski definition) is 0. The molecule has 1 aromatic rings. The molecule has 1 radical (unpaired) electrons. The fourth-order valence-electron chi connectivity index (χ4n) is 1.48. The largest absolute Gasteiger partial charge is 0.520 e. The Labute approximate surface area is 121 Å². The molecule has 1 atom stereocenters. The summed E-state index contributed by atoms with van der Waals surface area (Å²) in [5.74, 6) is 0. The van der Waals surface area contributed by atoms with Crippen LogP contribution in [0.5, 0.6) is 0 Å². The van der Waals surface area contributed by atoms with Crippen LogP contribution in [0.2, 0.25) is 0 Å². The maximum absolute atomic E-state index is 5.53. The van der Waals surface area contributed by atoms with Crippen LogP contribution < -0.4 is 0 Å². The first kappa shape index (κ1) is 14.3. The molecular formula is C12H15O3Y-. The first-order valence-electron chi connectivity index (χ1n) is 5.09. The minimum atomic E-state index is 0. The van der Waals surface area contributed by atoms with Crippen molar-refractivity contribution in [1.29, 1.82) is 0 Å². The summed E-state index contributed by atoms with van der Waals surface area (Å²) in [6, 6.07) is 10.1. The SMILES string of the molecule is C[C-]1OCC(COCc2ccccc2)O1.[Y]. The molecule has 1 heterocycles. The van der Waals surface area contributed by atoms with E-state index in [0.29, 0.717) is 26.1 Å². The van der Waals surface area contributed by atoms with Crippen molar-refractivity contribution in [2.75, 3.05) is 13.2 Å². The van der Waals surface area contributed by atoms with Crippen LogP contribution >= 0.6 is 0 Å². The molecule has 0 saturated carbocycles. The average Bonchev–Trinajstić information content (AvgIpc) is 2.66. The minimum Gasteiger partial charge on any atom is -0.520 e. The zero-order valence-corrected chi connectivity index (χ0v) is 12.2. The summed E-state index contributed by atoms with van der Waals surface area (Å²) in [5.41, 5.74) is 1.18. The predicted molar refractivity (Wildman–Crippen MR) is 55.8 cm³/mol. The number of hydrogen-bond acceptors (Lipinski definition) is 3. The van der Waals surface area contributed by atoms with Gasteiger partial charge in [-0.25, -0.2) is 0 Å². The van der Waals surface area contributed by atoms with Crippen molar-refractivity contribution < 1.29 is 46.9 Å². The number of benzene rings is 1. The molecule has 1 fully saturated rings. The van der Waals surface area contributed by atoms with E-state index in [2.05, 4.69) is 0 Å². The third kappa shape index (κ3) is 4.60. The summed E-state index contributed by atoms with van der Waals surface area (Å²) in [7, 11) is 0. The fourth-order valence-corrected chi connectivity index (χ4v) is 1.48. The Morgan fingerprint density at radius 2 is 2.12 bits per heavy atom. The standard InChI is InChI=1S/C12H15O3.Y/c1-10-14-9-12(15-10)8-13-7-11-5-3-2-4-6-11;/h2-6,12H,7-9H2,1H3;/q-1;. The monoisotopic (exact) mass is 296 g/mol. The molecule has 0 N–H and O–H groups in total. The molecule has 4 heteroatoms. The van der Waals surface area contributed by atoms with Gasteiger partial charge in [-0.1, -0.05) is 36.6 Å². The summed E-state index contributed by atoms with van der Waals surface area (Å²) < 4.78 is 16.1. The minimum absolute atomic E-state index is 0. The smallest absolute Gasteiger partial charge is 0.0726 e. The molecule has 1 unspecified atom stereocenters. The molecule has 0 bridgehead atoms. The quantitative estimate of drug-likeness (QED) is 0.797. The molecule has 0 aromatic heterocycles. The fraction of sp³-hybridized carbons (Fsp3) is 0.417. The van der Waals surface area contributed by atoms with Gasteiger partial charge in [-0.2, -0.15) is 0 Å². The molecule has 0 amide bonds. The summed E-state index contributed by atoms with van der Waals surface area (Å²) in [4.78, 5) is 0. The van der Waals surface area contributed by atoms with E-state index >= 15 is 0 Å². The van der Waals surface area contributed by atoms with Gasteiger partial charge in [0.2, 0.25) is 0 Å². The van der Waals surface area contributed by atoms with E-state index in [0.717, 1.165) is 0 Å². The van der Waals surface area contributed by atoms with Gasteiger partial charge < -0.3 is 14.2 Å². The third-order valence-corrected chi connectivity index (χ3v) is 2.22. The first-order valence-corrected chi connectivity index (χ1v) is 5.09. The van der Waals surface area contributed by atoms with Crippen LogP contribution in [-0.4, -0.2) is 19.3 Å². The van der Waals surface area contributed by atoms with Crippen LogP contribution in [-0.2, 0) is 53.5 Å². The van der Waals surface area contributed by atoms with E-state index < -0.39 is 0 Å². The van der Waals surface area contributed by atoms with Crippen molar-refractivity contribution in [3.8, 4) is 0 Å². The van der Waals surface area contributed by atoms with Gasteiger partial charge in [-0.3, -0.25) is 0 Å². The molecule has 1 aromatic carbocycles. The van der Waals surface area contributed by atoms with Crippen molar-refractivity contribution in [2.45, 2.75) is 19.6 Å². The third-order valence-electron chi connectivity index (χ3n) is 2.22. The Kier molecular flexibility index (Phi) is 6.70. The summed E-state index contributed by atoms with van der Waals surface area (Å²) in [5, 5.41) is 0. The molecule has 0 spiro atoms. The molecule has 3 nitrogen and oxygen atoms in total. The van der Waals surface area contributed by atoms with Gasteiger partial charge in [0.05, 0.1) is 19.3 Å². The van der Waals surface area contributed by atoms with Gasteiger partial charge in [-0.05, 0) is 5.56 Å². The van der Waals surface area contributed by atoms with Gasteiger partial charge in [0, 0.05) is 39.3 Å².